The van der Waals surface area contributed by atoms with Crippen molar-refractivity contribution in [3.05, 3.63) is 41.9 Å². The summed E-state index contributed by atoms with van der Waals surface area (Å²) in [4.78, 5) is 22.6. The van der Waals surface area contributed by atoms with Crippen LogP contribution in [0.3, 0.4) is 0 Å². The molecule has 0 spiro atoms. The summed E-state index contributed by atoms with van der Waals surface area (Å²) in [7, 11) is 0. The third-order valence-electron chi connectivity index (χ3n) is 4.27. The first-order chi connectivity index (χ1) is 13.7. The van der Waals surface area contributed by atoms with E-state index in [0.29, 0.717) is 49.8 Å². The Hall–Kier alpha value is -3.34. The Morgan fingerprint density at radius 1 is 1.21 bits per heavy atom. The summed E-state index contributed by atoms with van der Waals surface area (Å²) < 4.78 is 16.9. The van der Waals surface area contributed by atoms with Gasteiger partial charge in [0.15, 0.2) is 11.5 Å². The van der Waals surface area contributed by atoms with Crippen LogP contribution in [0.1, 0.15) is 36.3 Å². The van der Waals surface area contributed by atoms with Crippen LogP contribution >= 0.6 is 0 Å². The van der Waals surface area contributed by atoms with E-state index in [0.717, 1.165) is 0 Å². The fourth-order valence-corrected chi connectivity index (χ4v) is 3.02. The number of carbonyl (C=O) groups excluding carboxylic acids is 1. The molecule has 0 N–H and O–H groups in total. The molecule has 8 nitrogen and oxygen atoms in total. The van der Waals surface area contributed by atoms with Crippen LogP contribution in [-0.2, 0) is 0 Å². The molecule has 1 aliphatic rings. The van der Waals surface area contributed by atoms with Crippen molar-refractivity contribution in [3.63, 3.8) is 0 Å². The molecule has 1 aromatic carbocycles. The predicted molar refractivity (Wildman–Crippen MR) is 100 cm³/mol. The fourth-order valence-electron chi connectivity index (χ4n) is 3.02. The van der Waals surface area contributed by atoms with E-state index >= 15 is 0 Å². The number of hydrogen-bond acceptors (Lipinski definition) is 7. The second-order valence-electron chi connectivity index (χ2n) is 6.13. The van der Waals surface area contributed by atoms with Gasteiger partial charge in [0.25, 0.3) is 11.8 Å². The molecule has 28 heavy (non-hydrogen) atoms. The molecular weight excluding hydrogens is 360 g/mol. The van der Waals surface area contributed by atoms with Gasteiger partial charge in [0.2, 0.25) is 5.69 Å². The van der Waals surface area contributed by atoms with E-state index in [-0.39, 0.29) is 23.6 Å². The minimum atomic E-state index is -0.234. The van der Waals surface area contributed by atoms with Gasteiger partial charge in [-0.2, -0.15) is 5.26 Å². The Morgan fingerprint density at radius 3 is 2.71 bits per heavy atom. The lowest BCUT2D eigenvalue weighted by Gasteiger charge is -2.18. The van der Waals surface area contributed by atoms with Crippen LogP contribution < -0.4 is 14.2 Å². The van der Waals surface area contributed by atoms with Gasteiger partial charge >= 0.3 is 0 Å². The molecule has 0 aliphatic carbocycles. The van der Waals surface area contributed by atoms with Crippen LogP contribution in [0, 0.1) is 11.3 Å². The van der Waals surface area contributed by atoms with Crippen LogP contribution in [-0.4, -0.2) is 53.2 Å². The lowest BCUT2D eigenvalue weighted by Crippen LogP contribution is -2.31. The van der Waals surface area contributed by atoms with E-state index in [1.807, 2.05) is 19.9 Å². The average molecular weight is 382 g/mol. The Balaban J connectivity index is 1.69. The molecular formula is C20H22N4O4. The van der Waals surface area contributed by atoms with Crippen molar-refractivity contribution in [2.75, 3.05) is 26.3 Å². The molecule has 2 heterocycles. The van der Waals surface area contributed by atoms with Crippen molar-refractivity contribution in [3.8, 4) is 23.4 Å². The minimum Gasteiger partial charge on any atom is -0.490 e. The highest BCUT2D eigenvalue weighted by molar-refractivity contribution is 5.95. The molecule has 0 saturated carbocycles. The first-order valence-corrected chi connectivity index (χ1v) is 9.22. The van der Waals surface area contributed by atoms with E-state index in [1.165, 1.54) is 12.4 Å². The van der Waals surface area contributed by atoms with Crippen LogP contribution in [0.4, 0.5) is 0 Å². The Morgan fingerprint density at radius 2 is 1.96 bits per heavy atom. The molecule has 1 aromatic heterocycles. The number of nitrogens with zero attached hydrogens (tertiary/aromatic N) is 4. The Labute approximate surface area is 163 Å². The summed E-state index contributed by atoms with van der Waals surface area (Å²) in [6, 6.07) is 7.16. The summed E-state index contributed by atoms with van der Waals surface area (Å²) in [5, 5.41) is 9.09. The number of rotatable bonds is 7. The van der Waals surface area contributed by atoms with Gasteiger partial charge in [0.05, 0.1) is 19.8 Å². The highest BCUT2D eigenvalue weighted by Crippen LogP contribution is 2.29. The molecule has 1 fully saturated rings. The van der Waals surface area contributed by atoms with Crippen LogP contribution in [0.25, 0.3) is 0 Å². The lowest BCUT2D eigenvalue weighted by molar-refractivity contribution is 0.0770. The van der Waals surface area contributed by atoms with Gasteiger partial charge in [-0.3, -0.25) is 4.79 Å². The molecule has 0 radical (unpaired) electrons. The molecule has 1 saturated heterocycles. The third-order valence-corrected chi connectivity index (χ3v) is 4.27. The van der Waals surface area contributed by atoms with Gasteiger partial charge in [-0.15, -0.1) is 0 Å². The summed E-state index contributed by atoms with van der Waals surface area (Å²) in [5.41, 5.74) is 0.671. The van der Waals surface area contributed by atoms with E-state index in [1.54, 1.807) is 23.1 Å². The molecule has 3 rings (SSSR count). The van der Waals surface area contributed by atoms with Gasteiger partial charge in [0.1, 0.15) is 12.2 Å². The van der Waals surface area contributed by atoms with E-state index in [9.17, 15) is 4.79 Å². The number of likely N-dealkylation sites (tertiary alicyclic amines) is 1. The molecule has 2 aromatic rings. The minimum absolute atomic E-state index is 0.102. The number of hydrogen-bond donors (Lipinski definition) is 0. The van der Waals surface area contributed by atoms with Crippen LogP contribution in [0.2, 0.25) is 0 Å². The maximum atomic E-state index is 12.9. The normalized spacial score (nSPS) is 15.8. The largest absolute Gasteiger partial charge is 0.490 e. The highest BCUT2D eigenvalue weighted by atomic mass is 16.5. The van der Waals surface area contributed by atoms with Gasteiger partial charge in [0, 0.05) is 30.9 Å². The second-order valence-corrected chi connectivity index (χ2v) is 6.13. The number of carbonyl (C=O) groups is 1. The molecule has 1 atom stereocenters. The van der Waals surface area contributed by atoms with Gasteiger partial charge in [-0.1, -0.05) is 0 Å². The number of amides is 1. The third kappa shape index (κ3) is 4.31. The second kappa shape index (κ2) is 9.04. The fraction of sp³-hybridized carbons (Fsp3) is 0.400. The van der Waals surface area contributed by atoms with E-state index < -0.39 is 0 Å². The zero-order chi connectivity index (χ0) is 19.9. The summed E-state index contributed by atoms with van der Waals surface area (Å²) >= 11 is 0. The lowest BCUT2D eigenvalue weighted by atomic mass is 10.1. The number of ether oxygens (including phenoxy) is 3. The van der Waals surface area contributed by atoms with Crippen molar-refractivity contribution >= 4 is 5.91 Å². The molecule has 8 heteroatoms. The number of benzene rings is 1. The molecule has 1 aliphatic heterocycles. The van der Waals surface area contributed by atoms with Crippen molar-refractivity contribution < 1.29 is 19.0 Å². The monoisotopic (exact) mass is 382 g/mol. The summed E-state index contributed by atoms with van der Waals surface area (Å²) in [6.07, 6.45) is 3.34. The highest BCUT2D eigenvalue weighted by Gasteiger charge is 2.29. The van der Waals surface area contributed by atoms with Crippen molar-refractivity contribution in [2.24, 2.45) is 0 Å². The zero-order valence-corrected chi connectivity index (χ0v) is 15.9. The standard InChI is InChI=1S/C20H22N4O4/c1-3-26-17-6-5-14(11-18(17)27-4-2)20(25)24-10-7-15(13-24)28-19-16(12-21)22-8-9-23-19/h5-6,8-9,11,15H,3-4,7,10,13H2,1-2H3/t15-/m0/s1. The van der Waals surface area contributed by atoms with Crippen molar-refractivity contribution in [2.45, 2.75) is 26.4 Å². The number of nitriles is 1. The molecule has 0 bridgehead atoms. The quantitative estimate of drug-likeness (QED) is 0.725. The maximum absolute atomic E-state index is 12.9. The van der Waals surface area contributed by atoms with Gasteiger partial charge in [-0.05, 0) is 32.0 Å². The van der Waals surface area contributed by atoms with E-state index in [4.69, 9.17) is 19.5 Å². The van der Waals surface area contributed by atoms with Crippen LogP contribution in [0.15, 0.2) is 30.6 Å². The molecule has 146 valence electrons. The Kier molecular flexibility index (Phi) is 6.27. The Bertz CT molecular complexity index is 881. The first kappa shape index (κ1) is 19.4. The summed E-state index contributed by atoms with van der Waals surface area (Å²) in [5.74, 6) is 1.27. The number of aromatic nitrogens is 2. The smallest absolute Gasteiger partial charge is 0.254 e. The van der Waals surface area contributed by atoms with E-state index in [2.05, 4.69) is 9.97 Å². The van der Waals surface area contributed by atoms with Crippen molar-refractivity contribution in [1.82, 2.24) is 14.9 Å². The van der Waals surface area contributed by atoms with Crippen LogP contribution in [0.5, 0.6) is 17.4 Å². The zero-order valence-electron chi connectivity index (χ0n) is 15.9. The first-order valence-electron chi connectivity index (χ1n) is 9.22. The maximum Gasteiger partial charge on any atom is 0.254 e. The predicted octanol–water partition coefficient (Wildman–Crippen LogP) is 2.44. The van der Waals surface area contributed by atoms with Gasteiger partial charge in [-0.25, -0.2) is 9.97 Å². The topological polar surface area (TPSA) is 97.6 Å². The SMILES string of the molecule is CCOc1ccc(C(=O)N2CC[C@H](Oc3nccnc3C#N)C2)cc1OCC. The van der Waals surface area contributed by atoms with Crippen molar-refractivity contribution in [1.29, 1.82) is 5.26 Å². The van der Waals surface area contributed by atoms with Gasteiger partial charge < -0.3 is 19.1 Å². The summed E-state index contributed by atoms with van der Waals surface area (Å²) in [6.45, 7) is 5.76. The average Bonchev–Trinajstić information content (AvgIpc) is 3.18. The molecule has 1 amide bonds. The molecule has 0 unspecified atom stereocenters.